The zero-order chi connectivity index (χ0) is 4.99. The fraction of sp³-hybridized carbons (Fsp3) is 0.400. The fourth-order valence-electron chi connectivity index (χ4n) is 0.132. The summed E-state index contributed by atoms with van der Waals surface area (Å²) in [7, 11) is 0. The molecule has 0 spiro atoms. The van der Waals surface area contributed by atoms with Gasteiger partial charge in [0.05, 0.1) is 17.3 Å². The lowest BCUT2D eigenvalue weighted by Crippen LogP contribution is -1.73. The maximum atomic E-state index is 3.66. The maximum absolute atomic E-state index is 3.66. The van der Waals surface area contributed by atoms with Crippen LogP contribution in [0.3, 0.4) is 0 Å². The molecule has 0 atom stereocenters. The summed E-state index contributed by atoms with van der Waals surface area (Å²) in [5, 5.41) is 0.919. The average Bonchev–Trinajstić information content (AvgIpc) is 1.35. The highest BCUT2D eigenvalue weighted by Crippen LogP contribution is 1.95. The van der Waals surface area contributed by atoms with Gasteiger partial charge in [-0.2, -0.15) is 0 Å². The first-order valence-corrected chi connectivity index (χ1v) is 2.94. The molecule has 0 heterocycles. The van der Waals surface area contributed by atoms with E-state index in [4.69, 9.17) is 0 Å². The molecule has 0 rings (SSSR count). The number of hydrogen-bond acceptors (Lipinski definition) is 0. The van der Waals surface area contributed by atoms with Gasteiger partial charge in [0.15, 0.2) is 0 Å². The van der Waals surface area contributed by atoms with Gasteiger partial charge in [-0.3, -0.25) is 0 Å². The van der Waals surface area contributed by atoms with E-state index in [1.54, 1.807) is 0 Å². The van der Waals surface area contributed by atoms with Crippen molar-refractivity contribution in [1.82, 2.24) is 0 Å². The van der Waals surface area contributed by atoms with E-state index in [-0.39, 0.29) is 0 Å². The Bertz CT molecular complexity index is 47.9. The molecule has 0 fully saturated rings. The summed E-state index contributed by atoms with van der Waals surface area (Å²) in [6.07, 6.45) is 2.01. The lowest BCUT2D eigenvalue weighted by atomic mass is 10.3. The second-order valence-electron chi connectivity index (χ2n) is 1.20. The van der Waals surface area contributed by atoms with Crippen LogP contribution in [0.15, 0.2) is 12.2 Å². The van der Waals surface area contributed by atoms with Crippen LogP contribution in [0.2, 0.25) is 0 Å². The normalized spacial score (nSPS) is 7.67. The van der Waals surface area contributed by atoms with Gasteiger partial charge in [0.25, 0.3) is 0 Å². The van der Waals surface area contributed by atoms with Crippen molar-refractivity contribution in [3.8, 4) is 0 Å². The molecule has 0 radical (unpaired) electrons. The molecule has 34 valence electrons. The summed E-state index contributed by atoms with van der Waals surface area (Å²) < 4.78 is 0. The lowest BCUT2D eigenvalue weighted by Gasteiger charge is -1.75. The van der Waals surface area contributed by atoms with E-state index in [1.807, 2.05) is 13.3 Å². The first kappa shape index (κ1) is 6.09. The van der Waals surface area contributed by atoms with Crippen molar-refractivity contribution in [3.05, 3.63) is 18.6 Å². The van der Waals surface area contributed by atoms with Gasteiger partial charge < -0.3 is 0 Å². The fourth-order valence-corrected chi connectivity index (χ4v) is 0.684. The van der Waals surface area contributed by atoms with Crippen molar-refractivity contribution in [3.63, 3.8) is 0 Å². The molecule has 6 heavy (non-hydrogen) atoms. The van der Waals surface area contributed by atoms with Crippen molar-refractivity contribution >= 4 is 15.9 Å². The van der Waals surface area contributed by atoms with Crippen LogP contribution in [0.25, 0.3) is 0 Å². The summed E-state index contributed by atoms with van der Waals surface area (Å²) in [6, 6.07) is 0. The largest absolute Gasteiger partial charge is 0.0970 e. The van der Waals surface area contributed by atoms with Crippen LogP contribution in [0, 0.1) is 6.42 Å². The van der Waals surface area contributed by atoms with Crippen LogP contribution in [-0.2, 0) is 0 Å². The minimum Gasteiger partial charge on any atom is -0.0644 e. The quantitative estimate of drug-likeness (QED) is 0.415. The van der Waals surface area contributed by atoms with Crippen LogP contribution in [0.5, 0.6) is 0 Å². The van der Waals surface area contributed by atoms with Crippen LogP contribution in [0.4, 0.5) is 0 Å². The Labute approximate surface area is 47.4 Å². The Balaban J connectivity index is 2.83. The van der Waals surface area contributed by atoms with Gasteiger partial charge >= 0.3 is 0 Å². The van der Waals surface area contributed by atoms with Crippen molar-refractivity contribution < 1.29 is 0 Å². The standard InChI is InChI=1S/C5H8Br/c1-5(2)3-4-6/h3H,1,4H2,2H3/q+1. The second-order valence-corrected chi connectivity index (χ2v) is 1.85. The van der Waals surface area contributed by atoms with E-state index >= 15 is 0 Å². The third-order valence-corrected chi connectivity index (χ3v) is 0.749. The molecule has 0 aliphatic carbocycles. The predicted octanol–water partition coefficient (Wildman–Crippen LogP) is 2.16. The molecule has 0 aromatic carbocycles. The topological polar surface area (TPSA) is 0 Å². The van der Waals surface area contributed by atoms with Crippen LogP contribution in [-0.4, -0.2) is 5.33 Å². The van der Waals surface area contributed by atoms with E-state index in [0.29, 0.717) is 0 Å². The third-order valence-electron chi connectivity index (χ3n) is 0.426. The number of allylic oxidation sites excluding steroid dienone is 1. The molecule has 0 aliphatic rings. The van der Waals surface area contributed by atoms with Crippen molar-refractivity contribution in [2.24, 2.45) is 0 Å². The van der Waals surface area contributed by atoms with Gasteiger partial charge in [-0.1, -0.05) is 15.9 Å². The SMILES string of the molecule is C=C(C)[CH+]CBr. The van der Waals surface area contributed by atoms with E-state index in [0.717, 1.165) is 10.9 Å². The smallest absolute Gasteiger partial charge is 0.0644 e. The minimum atomic E-state index is 0.919. The van der Waals surface area contributed by atoms with Gasteiger partial charge in [-0.05, 0) is 6.92 Å². The Morgan fingerprint density at radius 1 is 2.00 bits per heavy atom. The average molecular weight is 148 g/mol. The van der Waals surface area contributed by atoms with E-state index in [9.17, 15) is 0 Å². The minimum absolute atomic E-state index is 0.919. The van der Waals surface area contributed by atoms with E-state index < -0.39 is 0 Å². The van der Waals surface area contributed by atoms with Gasteiger partial charge in [-0.15, -0.1) is 0 Å². The molecule has 0 saturated carbocycles. The van der Waals surface area contributed by atoms with Crippen molar-refractivity contribution in [2.75, 3.05) is 5.33 Å². The molecule has 0 aliphatic heterocycles. The molecule has 0 aromatic heterocycles. The molecule has 0 unspecified atom stereocenters. The Kier molecular flexibility index (Phi) is 3.34. The van der Waals surface area contributed by atoms with Gasteiger partial charge in [0, 0.05) is 6.58 Å². The van der Waals surface area contributed by atoms with Gasteiger partial charge in [0.1, 0.15) is 0 Å². The zero-order valence-electron chi connectivity index (χ0n) is 3.87. The molecule has 0 aromatic rings. The van der Waals surface area contributed by atoms with Crippen molar-refractivity contribution in [2.45, 2.75) is 6.92 Å². The predicted molar refractivity (Wildman–Crippen MR) is 32.9 cm³/mol. The van der Waals surface area contributed by atoms with Crippen molar-refractivity contribution in [1.29, 1.82) is 0 Å². The highest BCUT2D eigenvalue weighted by molar-refractivity contribution is 9.09. The van der Waals surface area contributed by atoms with E-state index in [1.165, 1.54) is 0 Å². The Morgan fingerprint density at radius 3 is 2.50 bits per heavy atom. The Morgan fingerprint density at radius 2 is 2.50 bits per heavy atom. The first-order valence-electron chi connectivity index (χ1n) is 1.82. The number of rotatable bonds is 2. The highest BCUT2D eigenvalue weighted by atomic mass is 79.9. The number of halogens is 1. The summed E-state index contributed by atoms with van der Waals surface area (Å²) in [6.45, 7) is 5.63. The molecule has 0 N–H and O–H groups in total. The zero-order valence-corrected chi connectivity index (χ0v) is 5.46. The van der Waals surface area contributed by atoms with Crippen LogP contribution in [0.1, 0.15) is 6.92 Å². The second kappa shape index (κ2) is 3.29. The van der Waals surface area contributed by atoms with Gasteiger partial charge in [-0.25, -0.2) is 0 Å². The number of hydrogen-bond donors (Lipinski definition) is 0. The molecule has 0 bridgehead atoms. The molecular weight excluding hydrogens is 140 g/mol. The molecular formula is C5H8Br+. The third kappa shape index (κ3) is 4.09. The summed E-state index contributed by atoms with van der Waals surface area (Å²) >= 11 is 3.23. The highest BCUT2D eigenvalue weighted by Gasteiger charge is 1.87. The molecule has 0 nitrogen and oxygen atoms in total. The molecule has 1 heteroatoms. The van der Waals surface area contributed by atoms with Gasteiger partial charge in [0.2, 0.25) is 0 Å². The molecule has 0 amide bonds. The summed E-state index contributed by atoms with van der Waals surface area (Å²) in [5.41, 5.74) is 1.12. The maximum Gasteiger partial charge on any atom is 0.0970 e. The summed E-state index contributed by atoms with van der Waals surface area (Å²) in [5.74, 6) is 0. The molecule has 0 saturated heterocycles. The Hall–Kier alpha value is 0.0900. The number of alkyl halides is 1. The lowest BCUT2D eigenvalue weighted by molar-refractivity contribution is 1.40. The van der Waals surface area contributed by atoms with Crippen LogP contribution >= 0.6 is 15.9 Å². The van der Waals surface area contributed by atoms with Crippen LogP contribution < -0.4 is 0 Å². The first-order chi connectivity index (χ1) is 2.77. The summed E-state index contributed by atoms with van der Waals surface area (Å²) in [4.78, 5) is 0. The van der Waals surface area contributed by atoms with E-state index in [2.05, 4.69) is 22.5 Å². The monoisotopic (exact) mass is 147 g/mol.